The lowest BCUT2D eigenvalue weighted by atomic mass is 9.81. The average Bonchev–Trinajstić information content (AvgIpc) is 2.46. The summed E-state index contributed by atoms with van der Waals surface area (Å²) in [6, 6.07) is 6.40. The Hall–Kier alpha value is -2.04. The summed E-state index contributed by atoms with van der Waals surface area (Å²) in [5.74, 6) is -1.36. The Bertz CT molecular complexity index is 497. The highest BCUT2D eigenvalue weighted by atomic mass is 16.4. The molecule has 2 atom stereocenters. The number of hydrogen-bond donors (Lipinski definition) is 2. The Morgan fingerprint density at radius 3 is 2.35 bits per heavy atom. The third-order valence-corrected chi connectivity index (χ3v) is 3.94. The molecule has 1 aromatic rings. The molecule has 0 aromatic heterocycles. The monoisotopic (exact) mass is 277 g/mol. The normalized spacial score (nSPS) is 22.2. The number of aliphatic carboxylic acids is 1. The molecule has 1 aliphatic carbocycles. The molecule has 2 rings (SSSR count). The molecule has 108 valence electrons. The topological polar surface area (TPSA) is 77.8 Å². The van der Waals surface area contributed by atoms with Gasteiger partial charge in [0.1, 0.15) is 5.75 Å². The Morgan fingerprint density at radius 2 is 1.75 bits per heavy atom. The molecule has 1 fully saturated rings. The van der Waals surface area contributed by atoms with Gasteiger partial charge in [0.15, 0.2) is 0 Å². The molecule has 2 N–H and O–H groups in total. The number of benzene rings is 1. The minimum absolute atomic E-state index is 0.0540. The van der Waals surface area contributed by atoms with Crippen LogP contribution in [0.5, 0.6) is 5.75 Å². The van der Waals surface area contributed by atoms with Crippen molar-refractivity contribution in [2.45, 2.75) is 25.7 Å². The maximum absolute atomic E-state index is 12.4. The van der Waals surface area contributed by atoms with Crippen molar-refractivity contribution < 1.29 is 19.8 Å². The van der Waals surface area contributed by atoms with E-state index in [1.807, 2.05) is 0 Å². The fraction of sp³-hybridized carbons (Fsp3) is 0.467. The number of rotatable bonds is 3. The second-order valence-corrected chi connectivity index (χ2v) is 5.31. The number of aromatic hydroxyl groups is 1. The highest BCUT2D eigenvalue weighted by Gasteiger charge is 2.32. The van der Waals surface area contributed by atoms with Crippen molar-refractivity contribution in [1.82, 2.24) is 0 Å². The molecule has 2 unspecified atom stereocenters. The van der Waals surface area contributed by atoms with E-state index in [1.54, 1.807) is 19.2 Å². The fourth-order valence-corrected chi connectivity index (χ4v) is 2.72. The third kappa shape index (κ3) is 3.10. The number of anilines is 1. The largest absolute Gasteiger partial charge is 0.508 e. The Balaban J connectivity index is 2.06. The van der Waals surface area contributed by atoms with Crippen LogP contribution >= 0.6 is 0 Å². The zero-order chi connectivity index (χ0) is 14.7. The van der Waals surface area contributed by atoms with E-state index in [9.17, 15) is 14.7 Å². The Kier molecular flexibility index (Phi) is 4.27. The molecule has 20 heavy (non-hydrogen) atoms. The smallest absolute Gasteiger partial charge is 0.306 e. The van der Waals surface area contributed by atoms with E-state index < -0.39 is 11.9 Å². The lowest BCUT2D eigenvalue weighted by Gasteiger charge is -2.29. The standard InChI is InChI=1S/C15H19NO4/c1-16(12-5-7-13(17)8-6-12)14(18)10-3-2-4-11(9-10)15(19)20/h5-8,10-11,17H,2-4,9H2,1H3,(H,19,20). The molecule has 1 amide bonds. The van der Waals surface area contributed by atoms with Crippen LogP contribution in [0, 0.1) is 11.8 Å². The predicted molar refractivity (Wildman–Crippen MR) is 74.6 cm³/mol. The Morgan fingerprint density at radius 1 is 1.15 bits per heavy atom. The zero-order valence-electron chi connectivity index (χ0n) is 11.5. The number of carboxylic acid groups (broad SMARTS) is 1. The van der Waals surface area contributed by atoms with Gasteiger partial charge in [0.25, 0.3) is 0 Å². The SMILES string of the molecule is CN(C(=O)C1CCCC(C(=O)O)C1)c1ccc(O)cc1. The quantitative estimate of drug-likeness (QED) is 0.888. The fourth-order valence-electron chi connectivity index (χ4n) is 2.72. The number of phenols is 1. The molecule has 0 heterocycles. The van der Waals surface area contributed by atoms with Crippen LogP contribution in [0.15, 0.2) is 24.3 Å². The van der Waals surface area contributed by atoms with E-state index in [4.69, 9.17) is 5.11 Å². The van der Waals surface area contributed by atoms with Crippen molar-refractivity contribution in [2.24, 2.45) is 11.8 Å². The second kappa shape index (κ2) is 5.94. The number of carbonyl (C=O) groups excluding carboxylic acids is 1. The molecular formula is C15H19NO4. The van der Waals surface area contributed by atoms with Gasteiger partial charge in [0.2, 0.25) is 5.91 Å². The van der Waals surface area contributed by atoms with E-state index in [1.165, 1.54) is 17.0 Å². The van der Waals surface area contributed by atoms with Gasteiger partial charge in [-0.1, -0.05) is 6.42 Å². The van der Waals surface area contributed by atoms with Crippen LogP contribution in [0.1, 0.15) is 25.7 Å². The maximum atomic E-state index is 12.4. The van der Waals surface area contributed by atoms with Crippen molar-refractivity contribution in [2.75, 3.05) is 11.9 Å². The zero-order valence-corrected chi connectivity index (χ0v) is 11.5. The van der Waals surface area contributed by atoms with Gasteiger partial charge < -0.3 is 15.1 Å². The van der Waals surface area contributed by atoms with Crippen LogP contribution in [-0.2, 0) is 9.59 Å². The molecule has 0 radical (unpaired) electrons. The van der Waals surface area contributed by atoms with E-state index >= 15 is 0 Å². The van der Waals surface area contributed by atoms with Crippen molar-refractivity contribution in [3.8, 4) is 5.75 Å². The van der Waals surface area contributed by atoms with Crippen LogP contribution in [0.3, 0.4) is 0 Å². The molecule has 5 heteroatoms. The van der Waals surface area contributed by atoms with Gasteiger partial charge in [0.05, 0.1) is 5.92 Å². The lowest BCUT2D eigenvalue weighted by molar-refractivity contribution is -0.143. The highest BCUT2D eigenvalue weighted by Crippen LogP contribution is 2.31. The molecule has 0 bridgehead atoms. The number of carbonyl (C=O) groups is 2. The van der Waals surface area contributed by atoms with Gasteiger partial charge in [-0.2, -0.15) is 0 Å². The first-order valence-corrected chi connectivity index (χ1v) is 6.78. The molecule has 1 aliphatic rings. The molecule has 1 aromatic carbocycles. The van der Waals surface area contributed by atoms with Gasteiger partial charge in [-0.05, 0) is 43.5 Å². The summed E-state index contributed by atoms with van der Waals surface area (Å²) in [7, 11) is 1.68. The first-order valence-electron chi connectivity index (χ1n) is 6.78. The van der Waals surface area contributed by atoms with Crippen LogP contribution in [0.25, 0.3) is 0 Å². The minimum Gasteiger partial charge on any atom is -0.508 e. The van der Waals surface area contributed by atoms with Crippen LogP contribution in [0.4, 0.5) is 5.69 Å². The Labute approximate surface area is 117 Å². The summed E-state index contributed by atoms with van der Waals surface area (Å²) >= 11 is 0. The number of amides is 1. The first kappa shape index (κ1) is 14.4. The lowest BCUT2D eigenvalue weighted by Crippen LogP contribution is -2.36. The van der Waals surface area contributed by atoms with E-state index in [0.29, 0.717) is 18.5 Å². The van der Waals surface area contributed by atoms with Crippen LogP contribution < -0.4 is 4.90 Å². The summed E-state index contributed by atoms with van der Waals surface area (Å²) in [6.45, 7) is 0. The van der Waals surface area contributed by atoms with Gasteiger partial charge in [-0.25, -0.2) is 0 Å². The maximum Gasteiger partial charge on any atom is 0.306 e. The van der Waals surface area contributed by atoms with Crippen LogP contribution in [0.2, 0.25) is 0 Å². The van der Waals surface area contributed by atoms with Gasteiger partial charge in [-0.15, -0.1) is 0 Å². The van der Waals surface area contributed by atoms with Crippen molar-refractivity contribution in [3.63, 3.8) is 0 Å². The van der Waals surface area contributed by atoms with E-state index in [-0.39, 0.29) is 17.6 Å². The summed E-state index contributed by atoms with van der Waals surface area (Å²) < 4.78 is 0. The average molecular weight is 277 g/mol. The summed E-state index contributed by atoms with van der Waals surface area (Å²) in [5, 5.41) is 18.3. The molecular weight excluding hydrogens is 258 g/mol. The number of nitrogens with zero attached hydrogens (tertiary/aromatic N) is 1. The second-order valence-electron chi connectivity index (χ2n) is 5.31. The van der Waals surface area contributed by atoms with E-state index in [0.717, 1.165) is 12.8 Å². The molecule has 0 saturated heterocycles. The van der Waals surface area contributed by atoms with Crippen molar-refractivity contribution in [3.05, 3.63) is 24.3 Å². The van der Waals surface area contributed by atoms with Crippen LogP contribution in [-0.4, -0.2) is 29.1 Å². The van der Waals surface area contributed by atoms with Gasteiger partial charge in [-0.3, -0.25) is 9.59 Å². The summed E-state index contributed by atoms with van der Waals surface area (Å²) in [6.07, 6.45) is 2.58. The molecule has 1 saturated carbocycles. The van der Waals surface area contributed by atoms with Gasteiger partial charge in [0, 0.05) is 18.7 Å². The first-order chi connectivity index (χ1) is 9.49. The predicted octanol–water partition coefficient (Wildman–Crippen LogP) is 2.25. The minimum atomic E-state index is -0.810. The van der Waals surface area contributed by atoms with Crippen molar-refractivity contribution in [1.29, 1.82) is 0 Å². The molecule has 0 aliphatic heterocycles. The molecule has 0 spiro atoms. The summed E-state index contributed by atoms with van der Waals surface area (Å²) in [4.78, 5) is 25.0. The van der Waals surface area contributed by atoms with Gasteiger partial charge >= 0.3 is 5.97 Å². The number of hydrogen-bond acceptors (Lipinski definition) is 3. The highest BCUT2D eigenvalue weighted by molar-refractivity contribution is 5.94. The summed E-state index contributed by atoms with van der Waals surface area (Å²) in [5.41, 5.74) is 0.699. The van der Waals surface area contributed by atoms with E-state index in [2.05, 4.69) is 0 Å². The number of carboxylic acids is 1. The number of phenolic OH excluding ortho intramolecular Hbond substituents is 1. The molecule has 5 nitrogen and oxygen atoms in total. The van der Waals surface area contributed by atoms with Crippen molar-refractivity contribution >= 4 is 17.6 Å². The third-order valence-electron chi connectivity index (χ3n) is 3.94.